The van der Waals surface area contributed by atoms with Crippen molar-refractivity contribution in [3.05, 3.63) is 58.0 Å². The minimum Gasteiger partial charge on any atom is -0.348 e. The highest BCUT2D eigenvalue weighted by atomic mass is 32.2. The Morgan fingerprint density at radius 2 is 1.88 bits per heavy atom. The lowest BCUT2D eigenvalue weighted by atomic mass is 10.1. The molecule has 1 N–H and O–H groups in total. The molecule has 5 nitrogen and oxygen atoms in total. The highest BCUT2D eigenvalue weighted by Gasteiger charge is 2.34. The molecule has 1 heterocycles. The van der Waals surface area contributed by atoms with E-state index in [1.54, 1.807) is 44.4 Å². The first-order chi connectivity index (χ1) is 11.2. The van der Waals surface area contributed by atoms with Crippen molar-refractivity contribution in [2.45, 2.75) is 16.6 Å². The maximum absolute atomic E-state index is 12.8. The van der Waals surface area contributed by atoms with Crippen molar-refractivity contribution in [1.82, 2.24) is 14.9 Å². The number of aromatic amines is 1. The largest absolute Gasteiger partial charge is 0.433 e. The number of thioether (sulfide) groups is 1. The van der Waals surface area contributed by atoms with E-state index < -0.39 is 22.7 Å². The molecule has 128 valence electrons. The third kappa shape index (κ3) is 4.38. The van der Waals surface area contributed by atoms with Crippen LogP contribution in [0.4, 0.5) is 13.2 Å². The second-order valence-electron chi connectivity index (χ2n) is 5.07. The number of hydrogen-bond donors (Lipinski definition) is 1. The summed E-state index contributed by atoms with van der Waals surface area (Å²) >= 11 is 0.765. The minimum absolute atomic E-state index is 0.265. The van der Waals surface area contributed by atoms with Gasteiger partial charge < -0.3 is 9.88 Å². The van der Waals surface area contributed by atoms with Gasteiger partial charge in [-0.3, -0.25) is 9.59 Å². The fraction of sp³-hybridized carbons (Fsp3) is 0.267. The first-order valence-corrected chi connectivity index (χ1v) is 7.68. The molecule has 1 unspecified atom stereocenters. The molecule has 1 atom stereocenters. The van der Waals surface area contributed by atoms with Gasteiger partial charge in [-0.15, -0.1) is 0 Å². The Hall–Kier alpha value is -2.29. The van der Waals surface area contributed by atoms with E-state index in [-0.39, 0.29) is 11.1 Å². The van der Waals surface area contributed by atoms with Gasteiger partial charge in [0.25, 0.3) is 5.56 Å². The summed E-state index contributed by atoms with van der Waals surface area (Å²) in [6.45, 7) is 0. The van der Waals surface area contributed by atoms with E-state index in [0.29, 0.717) is 11.6 Å². The van der Waals surface area contributed by atoms with Crippen LogP contribution in [0.25, 0.3) is 0 Å². The van der Waals surface area contributed by atoms with Crippen LogP contribution in [0, 0.1) is 0 Å². The highest BCUT2D eigenvalue weighted by molar-refractivity contribution is 8.00. The van der Waals surface area contributed by atoms with E-state index in [2.05, 4.69) is 9.97 Å². The zero-order chi connectivity index (χ0) is 17.9. The molecule has 1 aromatic carbocycles. The van der Waals surface area contributed by atoms with Crippen LogP contribution < -0.4 is 5.56 Å². The Balaban J connectivity index is 2.42. The summed E-state index contributed by atoms with van der Waals surface area (Å²) in [6.07, 6.45) is -4.74. The molecule has 0 saturated carbocycles. The van der Waals surface area contributed by atoms with Crippen molar-refractivity contribution in [2.75, 3.05) is 14.1 Å². The second kappa shape index (κ2) is 7.08. The van der Waals surface area contributed by atoms with Crippen LogP contribution in [0.15, 0.2) is 46.3 Å². The molecule has 0 aliphatic carbocycles. The van der Waals surface area contributed by atoms with Crippen molar-refractivity contribution in [3.63, 3.8) is 0 Å². The number of carbonyl (C=O) groups excluding carboxylic acids is 1. The molecule has 0 bridgehead atoms. The number of benzene rings is 1. The van der Waals surface area contributed by atoms with Gasteiger partial charge in [0.05, 0.1) is 0 Å². The Morgan fingerprint density at radius 1 is 1.25 bits per heavy atom. The van der Waals surface area contributed by atoms with Gasteiger partial charge in [0.1, 0.15) is 5.25 Å². The SMILES string of the molecule is CN(C)C(=O)C(Sc1nc(C(F)(F)F)cc(=O)[nH]1)c1ccccc1. The maximum atomic E-state index is 12.8. The van der Waals surface area contributed by atoms with Gasteiger partial charge in [0, 0.05) is 20.2 Å². The molecule has 0 saturated heterocycles. The minimum atomic E-state index is -4.74. The number of alkyl halides is 3. The smallest absolute Gasteiger partial charge is 0.348 e. The predicted octanol–water partition coefficient (Wildman–Crippen LogP) is 2.71. The number of carbonyl (C=O) groups is 1. The molecule has 0 aliphatic rings. The average molecular weight is 357 g/mol. The van der Waals surface area contributed by atoms with Crippen LogP contribution >= 0.6 is 11.8 Å². The van der Waals surface area contributed by atoms with Crippen molar-refractivity contribution in [3.8, 4) is 0 Å². The van der Waals surface area contributed by atoms with Gasteiger partial charge in [-0.05, 0) is 5.56 Å². The number of halogens is 3. The van der Waals surface area contributed by atoms with Gasteiger partial charge in [-0.1, -0.05) is 42.1 Å². The zero-order valence-electron chi connectivity index (χ0n) is 12.8. The normalized spacial score (nSPS) is 12.7. The molecule has 2 rings (SSSR count). The number of nitrogens with zero attached hydrogens (tertiary/aromatic N) is 2. The van der Waals surface area contributed by atoms with Gasteiger partial charge in [-0.2, -0.15) is 13.2 Å². The molecule has 0 radical (unpaired) electrons. The monoisotopic (exact) mass is 357 g/mol. The van der Waals surface area contributed by atoms with Gasteiger partial charge >= 0.3 is 6.18 Å². The molecule has 2 aromatic rings. The average Bonchev–Trinajstić information content (AvgIpc) is 2.51. The number of hydrogen-bond acceptors (Lipinski definition) is 4. The van der Waals surface area contributed by atoms with Crippen LogP contribution in [-0.4, -0.2) is 34.9 Å². The predicted molar refractivity (Wildman–Crippen MR) is 83.6 cm³/mol. The zero-order valence-corrected chi connectivity index (χ0v) is 13.6. The number of nitrogens with one attached hydrogen (secondary N) is 1. The topological polar surface area (TPSA) is 66.1 Å². The van der Waals surface area contributed by atoms with E-state index in [1.807, 2.05) is 0 Å². The van der Waals surface area contributed by atoms with Crippen molar-refractivity contribution in [1.29, 1.82) is 0 Å². The van der Waals surface area contributed by atoms with Crippen molar-refractivity contribution >= 4 is 17.7 Å². The molecule has 1 amide bonds. The summed E-state index contributed by atoms with van der Waals surface area (Å²) in [4.78, 5) is 30.8. The van der Waals surface area contributed by atoms with E-state index in [9.17, 15) is 22.8 Å². The summed E-state index contributed by atoms with van der Waals surface area (Å²) in [5.41, 5.74) is -1.62. The van der Waals surface area contributed by atoms with Crippen molar-refractivity contribution < 1.29 is 18.0 Å². The quantitative estimate of drug-likeness (QED) is 0.675. The number of aromatic nitrogens is 2. The molecule has 24 heavy (non-hydrogen) atoms. The van der Waals surface area contributed by atoms with E-state index in [1.165, 1.54) is 4.90 Å². The summed E-state index contributed by atoms with van der Waals surface area (Å²) < 4.78 is 38.4. The first kappa shape index (κ1) is 18.1. The summed E-state index contributed by atoms with van der Waals surface area (Å²) in [5.74, 6) is -0.328. The number of amides is 1. The molecular formula is C15H14F3N3O2S. The second-order valence-corrected chi connectivity index (χ2v) is 6.17. The standard InChI is InChI=1S/C15H14F3N3O2S/c1-21(2)13(23)12(9-6-4-3-5-7-9)24-14-19-10(15(16,17)18)8-11(22)20-14/h3-8,12H,1-2H3,(H,19,20,22). The van der Waals surface area contributed by atoms with Crippen LogP contribution in [0.5, 0.6) is 0 Å². The Labute approximate surface area is 139 Å². The molecule has 0 aliphatic heterocycles. The fourth-order valence-electron chi connectivity index (χ4n) is 1.87. The lowest BCUT2D eigenvalue weighted by Crippen LogP contribution is -2.27. The molecule has 9 heteroatoms. The third-order valence-electron chi connectivity index (χ3n) is 3.01. The van der Waals surface area contributed by atoms with E-state index in [4.69, 9.17) is 0 Å². The molecule has 1 aromatic heterocycles. The summed E-state index contributed by atoms with van der Waals surface area (Å²) in [5, 5.41) is -1.09. The van der Waals surface area contributed by atoms with Crippen LogP contribution in [0.2, 0.25) is 0 Å². The lowest BCUT2D eigenvalue weighted by Gasteiger charge is -2.20. The van der Waals surface area contributed by atoms with Gasteiger partial charge in [0.2, 0.25) is 5.91 Å². The first-order valence-electron chi connectivity index (χ1n) is 6.80. The number of H-pyrrole nitrogens is 1. The molecular weight excluding hydrogens is 343 g/mol. The van der Waals surface area contributed by atoms with Gasteiger partial charge in [0.15, 0.2) is 10.9 Å². The maximum Gasteiger partial charge on any atom is 0.433 e. The van der Waals surface area contributed by atoms with E-state index >= 15 is 0 Å². The summed E-state index contributed by atoms with van der Waals surface area (Å²) in [6, 6.07) is 8.95. The number of likely N-dealkylation sites (N-methyl/N-ethyl adjacent to an activating group) is 1. The van der Waals surface area contributed by atoms with Crippen LogP contribution in [0.3, 0.4) is 0 Å². The summed E-state index contributed by atoms with van der Waals surface area (Å²) in [7, 11) is 3.09. The van der Waals surface area contributed by atoms with Crippen LogP contribution in [-0.2, 0) is 11.0 Å². The van der Waals surface area contributed by atoms with Gasteiger partial charge in [-0.25, -0.2) is 4.98 Å². The third-order valence-corrected chi connectivity index (χ3v) is 4.13. The Morgan fingerprint density at radius 3 is 2.42 bits per heavy atom. The van der Waals surface area contributed by atoms with Crippen LogP contribution in [0.1, 0.15) is 16.5 Å². The molecule has 0 fully saturated rings. The number of rotatable bonds is 4. The van der Waals surface area contributed by atoms with E-state index in [0.717, 1.165) is 11.8 Å². The highest BCUT2D eigenvalue weighted by Crippen LogP contribution is 2.35. The molecule has 0 spiro atoms. The lowest BCUT2D eigenvalue weighted by molar-refractivity contribution is -0.141. The Bertz CT molecular complexity index is 776. The van der Waals surface area contributed by atoms with Crippen molar-refractivity contribution in [2.24, 2.45) is 0 Å². The fourth-order valence-corrected chi connectivity index (χ4v) is 3.01. The Kier molecular flexibility index (Phi) is 5.33.